The maximum Gasteiger partial charge on any atom is 0.466 e. The maximum absolute atomic E-state index is 11.8. The Balaban J connectivity index is 0. The third-order valence-corrected chi connectivity index (χ3v) is 5.01. The van der Waals surface area contributed by atoms with E-state index in [9.17, 15) is 4.79 Å². The van der Waals surface area contributed by atoms with Crippen molar-refractivity contribution in [2.24, 2.45) is 22.2 Å². The Morgan fingerprint density at radius 2 is 1.21 bits per heavy atom. The van der Waals surface area contributed by atoms with Gasteiger partial charge in [0.25, 0.3) is 0 Å². The van der Waals surface area contributed by atoms with E-state index in [1.54, 1.807) is 0 Å². The summed E-state index contributed by atoms with van der Waals surface area (Å²) in [5.41, 5.74) is 16.3. The molecule has 0 amide bonds. The number of unbranched alkanes of at least 4 members (excludes halogenated alkanes) is 13. The molecule has 11 heteroatoms. The predicted octanol–water partition coefficient (Wildman–Crippen LogP) is 3.46. The summed E-state index contributed by atoms with van der Waals surface area (Å²) in [7, 11) is -4.64. The molecule has 0 aliphatic rings. The topological polar surface area (TPSA) is 194 Å². The lowest BCUT2D eigenvalue weighted by molar-refractivity contribution is -0.145. The van der Waals surface area contributed by atoms with E-state index in [0.717, 1.165) is 12.8 Å². The van der Waals surface area contributed by atoms with E-state index in [-0.39, 0.29) is 11.9 Å². The van der Waals surface area contributed by atoms with Crippen LogP contribution < -0.4 is 17.2 Å². The number of hydrogen-bond donors (Lipinski definition) is 6. The molecule has 0 spiro atoms. The average Bonchev–Trinajstić information content (AvgIpc) is 2.72. The van der Waals surface area contributed by atoms with E-state index in [2.05, 4.69) is 11.9 Å². The van der Waals surface area contributed by atoms with E-state index in [1.807, 2.05) is 0 Å². The highest BCUT2D eigenvalue weighted by Crippen LogP contribution is 2.25. The van der Waals surface area contributed by atoms with Crippen LogP contribution in [0.3, 0.4) is 0 Å². The first-order valence-electron chi connectivity index (χ1n) is 12.3. The molecule has 0 saturated carbocycles. The van der Waals surface area contributed by atoms with Crippen molar-refractivity contribution in [3.05, 3.63) is 0 Å². The van der Waals surface area contributed by atoms with Crippen molar-refractivity contribution in [1.29, 1.82) is 0 Å². The summed E-state index contributed by atoms with van der Waals surface area (Å²) in [6.07, 6.45) is 19.6. The van der Waals surface area contributed by atoms with Crippen molar-refractivity contribution in [1.82, 2.24) is 0 Å². The molecule has 0 fully saturated rings. The minimum atomic E-state index is -4.64. The fourth-order valence-corrected chi connectivity index (χ4v) is 3.21. The molecule has 0 aromatic heterocycles. The third-order valence-electron chi connectivity index (χ3n) is 5.01. The fourth-order valence-electron chi connectivity index (χ4n) is 3.21. The lowest BCUT2D eigenvalue weighted by Gasteiger charge is -2.11. The molecule has 0 saturated heterocycles. The number of rotatable bonds is 20. The van der Waals surface area contributed by atoms with Crippen molar-refractivity contribution >= 4 is 19.8 Å². The molecule has 0 bridgehead atoms. The fraction of sp³-hybridized carbons (Fsp3) is 0.909. The van der Waals surface area contributed by atoms with Crippen molar-refractivity contribution in [2.45, 2.75) is 116 Å². The first-order chi connectivity index (χ1) is 15.6. The standard InChI is InChI=1S/C22H46N4O2.H3O4P/c1-2-3-4-5-6-7-8-9-10-11-12-13-14-15-19-28-21(27)20(23)17-16-18-26-22(24)25;1-5(2,3)4/h20H,2-19,23H2,1H3,(H4,24,25,26);(H3,1,2,3,4)/t20-;/m0./s1. The Morgan fingerprint density at radius 1 is 0.818 bits per heavy atom. The van der Waals surface area contributed by atoms with Gasteiger partial charge in [0.1, 0.15) is 6.04 Å². The molecule has 0 aromatic rings. The van der Waals surface area contributed by atoms with Crippen LogP contribution in [0.25, 0.3) is 0 Å². The minimum Gasteiger partial charge on any atom is -0.465 e. The lowest BCUT2D eigenvalue weighted by Crippen LogP contribution is -2.32. The molecule has 0 rings (SSSR count). The van der Waals surface area contributed by atoms with Gasteiger partial charge in [-0.25, -0.2) is 4.57 Å². The van der Waals surface area contributed by atoms with Gasteiger partial charge in [0, 0.05) is 6.54 Å². The minimum absolute atomic E-state index is 0.0638. The van der Waals surface area contributed by atoms with Crippen LogP contribution in [0.15, 0.2) is 4.99 Å². The van der Waals surface area contributed by atoms with E-state index in [1.165, 1.54) is 77.0 Å². The van der Waals surface area contributed by atoms with Crippen LogP contribution in [0, 0.1) is 0 Å². The van der Waals surface area contributed by atoms with Crippen molar-refractivity contribution < 1.29 is 28.8 Å². The van der Waals surface area contributed by atoms with Gasteiger partial charge in [0.05, 0.1) is 6.61 Å². The summed E-state index contributed by atoms with van der Waals surface area (Å²) in [6.45, 7) is 3.23. The Labute approximate surface area is 200 Å². The molecule has 9 N–H and O–H groups in total. The van der Waals surface area contributed by atoms with Crippen molar-refractivity contribution in [3.8, 4) is 0 Å². The van der Waals surface area contributed by atoms with Crippen LogP contribution in [0.4, 0.5) is 0 Å². The Hall–Kier alpha value is -1.19. The highest BCUT2D eigenvalue weighted by molar-refractivity contribution is 7.45. The molecule has 0 aromatic carbocycles. The molecule has 1 atom stereocenters. The van der Waals surface area contributed by atoms with Crippen molar-refractivity contribution in [3.63, 3.8) is 0 Å². The number of esters is 1. The first-order valence-corrected chi connectivity index (χ1v) is 13.9. The average molecular weight is 497 g/mol. The Morgan fingerprint density at radius 3 is 1.61 bits per heavy atom. The SMILES string of the molecule is CCCCCCCCCCCCCCCCOC(=O)[C@@H](N)CCCN=C(N)N.O=P(O)(O)O. The van der Waals surface area contributed by atoms with E-state index < -0.39 is 13.9 Å². The molecule has 10 nitrogen and oxygen atoms in total. The smallest absolute Gasteiger partial charge is 0.465 e. The van der Waals surface area contributed by atoms with Gasteiger partial charge in [0.15, 0.2) is 5.96 Å². The number of ether oxygens (including phenoxy) is 1. The van der Waals surface area contributed by atoms with Gasteiger partial charge in [-0.05, 0) is 19.3 Å². The van der Waals surface area contributed by atoms with Gasteiger partial charge in [-0.15, -0.1) is 0 Å². The third kappa shape index (κ3) is 35.6. The summed E-state index contributed by atoms with van der Waals surface area (Å²) in [5.74, 6) is -0.256. The Bertz CT molecular complexity index is 519. The van der Waals surface area contributed by atoms with Crippen LogP contribution in [-0.2, 0) is 14.1 Å². The van der Waals surface area contributed by atoms with Gasteiger partial charge < -0.3 is 36.6 Å². The number of phosphoric acid groups is 1. The maximum atomic E-state index is 11.8. The zero-order chi connectivity index (χ0) is 25.4. The summed E-state index contributed by atoms with van der Waals surface area (Å²) < 4.78 is 14.1. The zero-order valence-corrected chi connectivity index (χ0v) is 21.4. The van der Waals surface area contributed by atoms with Crippen LogP contribution in [0.5, 0.6) is 0 Å². The number of hydrogen-bond acceptors (Lipinski definition) is 5. The van der Waals surface area contributed by atoms with Crippen molar-refractivity contribution in [2.75, 3.05) is 13.2 Å². The number of guanidine groups is 1. The summed E-state index contributed by atoms with van der Waals surface area (Å²) in [6, 6.07) is -0.583. The van der Waals surface area contributed by atoms with Gasteiger partial charge in [0.2, 0.25) is 0 Å². The highest BCUT2D eigenvalue weighted by atomic mass is 31.2. The van der Waals surface area contributed by atoms with E-state index in [4.69, 9.17) is 41.2 Å². The summed E-state index contributed by atoms with van der Waals surface area (Å²) in [4.78, 5) is 37.2. The number of carbonyl (C=O) groups is 1. The van der Waals surface area contributed by atoms with Crippen LogP contribution in [0.1, 0.15) is 110 Å². The first kappa shape index (κ1) is 34.0. The second-order valence-corrected chi connectivity index (χ2v) is 9.36. The van der Waals surface area contributed by atoms with Gasteiger partial charge in [-0.3, -0.25) is 9.79 Å². The molecule has 0 radical (unpaired) electrons. The molecule has 0 heterocycles. The number of nitrogens with two attached hydrogens (primary N) is 3. The zero-order valence-electron chi connectivity index (χ0n) is 20.5. The van der Waals surface area contributed by atoms with Gasteiger partial charge in [-0.1, -0.05) is 90.4 Å². The monoisotopic (exact) mass is 496 g/mol. The molecular formula is C22H49N4O6P. The number of aliphatic imine (C=N–C) groups is 1. The lowest BCUT2D eigenvalue weighted by atomic mass is 10.0. The number of nitrogens with zero attached hydrogens (tertiary/aromatic N) is 1. The molecule has 0 aliphatic carbocycles. The van der Waals surface area contributed by atoms with E-state index in [0.29, 0.717) is 26.0 Å². The van der Waals surface area contributed by atoms with Crippen LogP contribution >= 0.6 is 7.82 Å². The molecule has 198 valence electrons. The summed E-state index contributed by atoms with van der Waals surface area (Å²) >= 11 is 0. The van der Waals surface area contributed by atoms with Gasteiger partial charge in [-0.2, -0.15) is 0 Å². The highest BCUT2D eigenvalue weighted by Gasteiger charge is 2.14. The summed E-state index contributed by atoms with van der Waals surface area (Å²) in [5, 5.41) is 0. The Kier molecular flexibility index (Phi) is 24.7. The molecule has 0 unspecified atom stereocenters. The van der Waals surface area contributed by atoms with Gasteiger partial charge >= 0.3 is 13.8 Å². The second-order valence-electron chi connectivity index (χ2n) is 8.33. The second kappa shape index (κ2) is 24.0. The quantitative estimate of drug-likeness (QED) is 0.0481. The molecular weight excluding hydrogens is 447 g/mol. The molecule has 33 heavy (non-hydrogen) atoms. The van der Waals surface area contributed by atoms with Crippen LogP contribution in [0.2, 0.25) is 0 Å². The predicted molar refractivity (Wildman–Crippen MR) is 133 cm³/mol. The molecule has 0 aliphatic heterocycles. The number of carbonyl (C=O) groups excluding carboxylic acids is 1. The van der Waals surface area contributed by atoms with Crippen LogP contribution in [-0.4, -0.2) is 45.8 Å². The largest absolute Gasteiger partial charge is 0.466 e. The normalized spacial score (nSPS) is 11.9. The van der Waals surface area contributed by atoms with E-state index >= 15 is 0 Å².